The van der Waals surface area contributed by atoms with E-state index in [0.29, 0.717) is 19.3 Å². The van der Waals surface area contributed by atoms with E-state index in [-0.39, 0.29) is 18.8 Å². The first kappa shape index (κ1) is 29.7. The summed E-state index contributed by atoms with van der Waals surface area (Å²) in [6.45, 7) is -3.66. The molecule has 0 atom stereocenters. The molecule has 0 saturated heterocycles. The molecule has 0 unspecified atom stereocenters. The number of nitrogens with one attached hydrogen (secondary N) is 1. The van der Waals surface area contributed by atoms with E-state index >= 15 is 0 Å². The zero-order valence-electron chi connectivity index (χ0n) is 19.2. The molecule has 0 aromatic carbocycles. The molecule has 3 amide bonds. The van der Waals surface area contributed by atoms with Gasteiger partial charge in [-0.3, -0.25) is 43.4 Å². The highest BCUT2D eigenvalue weighted by atomic mass is 16.4. The summed E-state index contributed by atoms with van der Waals surface area (Å²) in [5, 5.41) is 40.0. The highest BCUT2D eigenvalue weighted by Crippen LogP contribution is 2.08. The fourth-order valence-corrected chi connectivity index (χ4v) is 3.09. The number of carboxylic acid groups (broad SMARTS) is 4. The molecule has 1 heterocycles. The van der Waals surface area contributed by atoms with Crippen molar-refractivity contribution in [3.8, 4) is 0 Å². The Kier molecular flexibility index (Phi) is 12.2. The van der Waals surface area contributed by atoms with Crippen molar-refractivity contribution in [2.45, 2.75) is 25.7 Å². The first-order chi connectivity index (χ1) is 16.9. The molecular formula is C20H27N5O11. The first-order valence-electron chi connectivity index (χ1n) is 10.6. The maximum atomic E-state index is 12.2. The molecule has 16 heteroatoms. The number of nitrogens with zero attached hydrogens (tertiary/aromatic N) is 4. The van der Waals surface area contributed by atoms with Crippen LogP contribution in [0.25, 0.3) is 0 Å². The molecule has 1 aliphatic heterocycles. The van der Waals surface area contributed by atoms with E-state index < -0.39 is 74.3 Å². The average Bonchev–Trinajstić information content (AvgIpc) is 3.06. The minimum Gasteiger partial charge on any atom is -0.480 e. The van der Waals surface area contributed by atoms with Crippen LogP contribution < -0.4 is 5.43 Å². The predicted octanol–water partition coefficient (Wildman–Crippen LogP) is -2.16. The third kappa shape index (κ3) is 11.7. The van der Waals surface area contributed by atoms with Crippen LogP contribution >= 0.6 is 0 Å². The largest absolute Gasteiger partial charge is 0.480 e. The molecule has 0 saturated carbocycles. The van der Waals surface area contributed by atoms with Crippen molar-refractivity contribution < 1.29 is 54.0 Å². The normalized spacial score (nSPS) is 13.2. The molecule has 198 valence electrons. The zero-order valence-corrected chi connectivity index (χ0v) is 19.2. The minimum atomic E-state index is -1.44. The number of hydrogen-bond acceptors (Lipinski definition) is 9. The van der Waals surface area contributed by atoms with E-state index in [1.165, 1.54) is 0 Å². The van der Waals surface area contributed by atoms with Crippen LogP contribution in [-0.2, 0) is 33.6 Å². The van der Waals surface area contributed by atoms with Crippen LogP contribution in [0.3, 0.4) is 0 Å². The van der Waals surface area contributed by atoms with Gasteiger partial charge in [0.25, 0.3) is 11.8 Å². The number of carbonyl (C=O) groups excluding carboxylic acids is 3. The maximum Gasteiger partial charge on any atom is 0.323 e. The Hall–Kier alpha value is -4.34. The van der Waals surface area contributed by atoms with E-state index in [2.05, 4.69) is 10.5 Å². The van der Waals surface area contributed by atoms with Gasteiger partial charge in [-0.1, -0.05) is 6.42 Å². The molecular weight excluding hydrogens is 486 g/mol. The van der Waals surface area contributed by atoms with Gasteiger partial charge in [-0.25, -0.2) is 5.43 Å². The lowest BCUT2D eigenvalue weighted by atomic mass is 10.2. The van der Waals surface area contributed by atoms with Gasteiger partial charge < -0.3 is 25.3 Å². The van der Waals surface area contributed by atoms with Crippen molar-refractivity contribution in [3.05, 3.63) is 12.2 Å². The number of hydrogen-bond donors (Lipinski definition) is 5. The molecule has 5 N–H and O–H groups in total. The number of carbonyl (C=O) groups is 7. The van der Waals surface area contributed by atoms with Crippen molar-refractivity contribution in [2.24, 2.45) is 5.10 Å². The third-order valence-corrected chi connectivity index (χ3v) is 4.60. The van der Waals surface area contributed by atoms with E-state index in [9.17, 15) is 33.6 Å². The molecule has 1 rings (SSSR count). The van der Waals surface area contributed by atoms with Crippen molar-refractivity contribution in [2.75, 3.05) is 39.3 Å². The van der Waals surface area contributed by atoms with Crippen LogP contribution in [0.15, 0.2) is 17.3 Å². The summed E-state index contributed by atoms with van der Waals surface area (Å²) in [4.78, 5) is 82.3. The Bertz CT molecular complexity index is 896. The number of hydrazone groups is 1. The van der Waals surface area contributed by atoms with E-state index in [1.807, 2.05) is 0 Å². The van der Waals surface area contributed by atoms with Crippen molar-refractivity contribution in [1.29, 1.82) is 0 Å². The molecule has 16 nitrogen and oxygen atoms in total. The highest BCUT2D eigenvalue weighted by molar-refractivity contribution is 6.12. The van der Waals surface area contributed by atoms with Gasteiger partial charge >= 0.3 is 23.9 Å². The lowest BCUT2D eigenvalue weighted by Crippen LogP contribution is -2.48. The maximum absolute atomic E-state index is 12.2. The molecule has 0 aromatic heterocycles. The third-order valence-electron chi connectivity index (χ3n) is 4.60. The Morgan fingerprint density at radius 2 is 1.25 bits per heavy atom. The smallest absolute Gasteiger partial charge is 0.323 e. The summed E-state index contributed by atoms with van der Waals surface area (Å²) in [7, 11) is 0. The summed E-state index contributed by atoms with van der Waals surface area (Å²) >= 11 is 0. The predicted molar refractivity (Wildman–Crippen MR) is 118 cm³/mol. The summed E-state index contributed by atoms with van der Waals surface area (Å²) in [6.07, 6.45) is 3.55. The number of amidine groups is 1. The molecule has 0 aromatic rings. The van der Waals surface area contributed by atoms with Crippen LogP contribution in [0, 0.1) is 0 Å². The summed E-state index contributed by atoms with van der Waals surface area (Å²) in [6, 6.07) is 0. The molecule has 0 bridgehead atoms. The second-order valence-electron chi connectivity index (χ2n) is 7.61. The second kappa shape index (κ2) is 14.8. The van der Waals surface area contributed by atoms with Crippen molar-refractivity contribution in [3.63, 3.8) is 0 Å². The quantitative estimate of drug-likeness (QED) is 0.0459. The first-order valence-corrected chi connectivity index (χ1v) is 10.6. The van der Waals surface area contributed by atoms with Crippen molar-refractivity contribution >= 4 is 47.4 Å². The Morgan fingerprint density at radius 3 is 1.72 bits per heavy atom. The second-order valence-corrected chi connectivity index (χ2v) is 7.61. The van der Waals surface area contributed by atoms with Gasteiger partial charge in [0.05, 0.1) is 19.6 Å². The molecule has 0 fully saturated rings. The van der Waals surface area contributed by atoms with E-state index in [0.717, 1.165) is 26.9 Å². The number of unbranched alkanes of at least 4 members (excludes halogenated alkanes) is 2. The van der Waals surface area contributed by atoms with Crippen molar-refractivity contribution in [1.82, 2.24) is 20.1 Å². The van der Waals surface area contributed by atoms with Crippen LogP contribution in [0.4, 0.5) is 0 Å². The topological polar surface area (TPSA) is 235 Å². The van der Waals surface area contributed by atoms with Gasteiger partial charge in [-0.2, -0.15) is 5.10 Å². The van der Waals surface area contributed by atoms with Crippen LogP contribution in [0.2, 0.25) is 0 Å². The van der Waals surface area contributed by atoms with Crippen LogP contribution in [0.1, 0.15) is 25.7 Å². The standard InChI is InChI=1S/C20H27N5O11/c26-14(4-2-1-3-7-25-15(27)5-6-16(25)28)22-21-13(24(11-19(33)34)12-20(35)36)8-23(9-17(29)30)10-18(31)32/h5-6H,1-4,7-12H2,(H,22,26)(H,29,30)(H,31,32)(H,33,34)(H,35,36). The number of imide groups is 1. The number of rotatable bonds is 17. The van der Waals surface area contributed by atoms with Gasteiger partial charge in [0, 0.05) is 25.1 Å². The SMILES string of the molecule is O=C(O)CN(CC(=O)O)CC(=NNC(=O)CCCCCN1C(=O)C=CC1=O)N(CC(=O)O)CC(=O)O. The highest BCUT2D eigenvalue weighted by Gasteiger charge is 2.24. The minimum absolute atomic E-state index is 0.0528. The zero-order chi connectivity index (χ0) is 27.3. The Morgan fingerprint density at radius 1 is 0.750 bits per heavy atom. The Labute approximate surface area is 204 Å². The lowest BCUT2D eigenvalue weighted by molar-refractivity contribution is -0.143. The molecule has 0 spiro atoms. The lowest BCUT2D eigenvalue weighted by Gasteiger charge is -2.26. The summed E-state index contributed by atoms with van der Waals surface area (Å²) < 4.78 is 0. The number of aliphatic carboxylic acids is 4. The Balaban J connectivity index is 2.80. The van der Waals surface area contributed by atoms with E-state index in [4.69, 9.17) is 20.4 Å². The van der Waals surface area contributed by atoms with Gasteiger partial charge in [-0.05, 0) is 12.8 Å². The molecule has 36 heavy (non-hydrogen) atoms. The van der Waals surface area contributed by atoms with Crippen LogP contribution in [0.5, 0.6) is 0 Å². The van der Waals surface area contributed by atoms with Crippen LogP contribution in [-0.4, -0.2) is 122 Å². The molecule has 1 aliphatic rings. The summed E-state index contributed by atoms with van der Waals surface area (Å²) in [5.41, 5.74) is 2.14. The summed E-state index contributed by atoms with van der Waals surface area (Å²) in [5.74, 6) is -7.48. The van der Waals surface area contributed by atoms with Gasteiger partial charge in [0.1, 0.15) is 18.9 Å². The molecule has 0 radical (unpaired) electrons. The van der Waals surface area contributed by atoms with Gasteiger partial charge in [0.15, 0.2) is 0 Å². The molecule has 0 aliphatic carbocycles. The fraction of sp³-hybridized carbons (Fsp3) is 0.500. The number of amides is 3. The van der Waals surface area contributed by atoms with E-state index in [1.54, 1.807) is 0 Å². The van der Waals surface area contributed by atoms with Gasteiger partial charge in [-0.15, -0.1) is 0 Å². The monoisotopic (exact) mass is 513 g/mol. The average molecular weight is 513 g/mol. The fourth-order valence-electron chi connectivity index (χ4n) is 3.09. The van der Waals surface area contributed by atoms with Gasteiger partial charge in [0.2, 0.25) is 5.91 Å². The number of carboxylic acids is 4.